The van der Waals surface area contributed by atoms with E-state index in [9.17, 15) is 9.59 Å². The number of allylic oxidation sites excluding steroid dienone is 2. The largest absolute Gasteiger partial charge is 0.449 e. The van der Waals surface area contributed by atoms with Crippen molar-refractivity contribution in [3.8, 4) is 0 Å². The molecular weight excluding hydrogens is 395 g/mol. The topological polar surface area (TPSA) is 62.9 Å². The van der Waals surface area contributed by atoms with Gasteiger partial charge in [-0.2, -0.15) is 10.1 Å². The van der Waals surface area contributed by atoms with E-state index in [1.807, 2.05) is 6.07 Å². The average Bonchev–Trinajstić information content (AvgIpc) is 2.87. The second-order valence-electron chi connectivity index (χ2n) is 6.60. The van der Waals surface area contributed by atoms with E-state index in [-0.39, 0.29) is 40.9 Å². The molecule has 2 saturated carbocycles. The summed E-state index contributed by atoms with van der Waals surface area (Å²) in [5.74, 6) is 0.346. The number of hydrogen-bond donors (Lipinski definition) is 0. The molecule has 1 spiro atoms. The van der Waals surface area contributed by atoms with Crippen LogP contribution in [0.15, 0.2) is 33.8 Å². The first kappa shape index (κ1) is 13.0. The van der Waals surface area contributed by atoms with Crippen LogP contribution >= 0.6 is 22.6 Å². The van der Waals surface area contributed by atoms with Crippen LogP contribution in [0.25, 0.3) is 0 Å². The highest BCUT2D eigenvalue weighted by Gasteiger charge is 2.73. The van der Waals surface area contributed by atoms with E-state index in [2.05, 4.69) is 39.8 Å². The molecule has 5 rings (SSSR count). The first-order chi connectivity index (χ1) is 10.6. The Morgan fingerprint density at radius 2 is 1.82 bits per heavy atom. The number of fused-ring (bicyclic) bond motifs is 3. The van der Waals surface area contributed by atoms with Crippen molar-refractivity contribution in [3.05, 3.63) is 33.8 Å². The van der Waals surface area contributed by atoms with E-state index in [0.717, 1.165) is 21.6 Å². The van der Waals surface area contributed by atoms with Gasteiger partial charge in [0.2, 0.25) is 0 Å². The number of carbonyl (C=O) groups excluding carboxylic acids is 2. The lowest BCUT2D eigenvalue weighted by Crippen LogP contribution is -2.30. The summed E-state index contributed by atoms with van der Waals surface area (Å²) < 4.78 is 6.12. The maximum atomic E-state index is 12.7. The van der Waals surface area contributed by atoms with Gasteiger partial charge < -0.3 is 4.42 Å². The van der Waals surface area contributed by atoms with Gasteiger partial charge in [0.15, 0.2) is 3.77 Å². The van der Waals surface area contributed by atoms with Gasteiger partial charge in [0.05, 0.1) is 18.1 Å². The highest BCUT2D eigenvalue weighted by Crippen LogP contribution is 2.73. The van der Waals surface area contributed by atoms with Crippen molar-refractivity contribution in [1.82, 2.24) is 5.01 Å². The van der Waals surface area contributed by atoms with Crippen LogP contribution in [-0.2, 0) is 9.59 Å². The molecule has 5 nitrogen and oxygen atoms in total. The van der Waals surface area contributed by atoms with Crippen LogP contribution in [0.4, 0.5) is 0 Å². The molecule has 0 N–H and O–H groups in total. The summed E-state index contributed by atoms with van der Waals surface area (Å²) in [7, 11) is 0. The van der Waals surface area contributed by atoms with Gasteiger partial charge in [-0.05, 0) is 64.8 Å². The fraction of sp³-hybridized carbons (Fsp3) is 0.438. The molecule has 1 aromatic rings. The predicted octanol–water partition coefficient (Wildman–Crippen LogP) is 2.42. The summed E-state index contributed by atoms with van der Waals surface area (Å²) >= 11 is 2.06. The fourth-order valence-corrected chi connectivity index (χ4v) is 5.12. The maximum absolute atomic E-state index is 12.7. The van der Waals surface area contributed by atoms with Crippen LogP contribution in [0.3, 0.4) is 0 Å². The number of furan rings is 1. The molecule has 0 aromatic carbocycles. The number of nitrogens with zero attached hydrogens (tertiary/aromatic N) is 2. The van der Waals surface area contributed by atoms with Crippen molar-refractivity contribution in [2.45, 2.75) is 12.8 Å². The molecule has 1 saturated heterocycles. The van der Waals surface area contributed by atoms with Crippen LogP contribution < -0.4 is 0 Å². The Kier molecular flexibility index (Phi) is 2.43. The van der Waals surface area contributed by atoms with Crippen molar-refractivity contribution in [2.75, 3.05) is 0 Å². The van der Waals surface area contributed by atoms with Crippen LogP contribution in [-0.4, -0.2) is 23.0 Å². The molecule has 2 bridgehead atoms. The van der Waals surface area contributed by atoms with Crippen molar-refractivity contribution >= 4 is 40.6 Å². The fourth-order valence-electron chi connectivity index (χ4n) is 4.69. The highest BCUT2D eigenvalue weighted by molar-refractivity contribution is 14.1. The lowest BCUT2D eigenvalue weighted by molar-refractivity contribution is -0.141. The van der Waals surface area contributed by atoms with Crippen molar-refractivity contribution in [2.24, 2.45) is 34.2 Å². The summed E-state index contributed by atoms with van der Waals surface area (Å²) in [6.45, 7) is 0. The van der Waals surface area contributed by atoms with Gasteiger partial charge in [0, 0.05) is 0 Å². The molecule has 4 aliphatic rings. The molecule has 112 valence electrons. The third kappa shape index (κ3) is 1.46. The zero-order valence-electron chi connectivity index (χ0n) is 11.6. The van der Waals surface area contributed by atoms with Crippen LogP contribution in [0, 0.1) is 32.9 Å². The first-order valence-corrected chi connectivity index (χ1v) is 8.55. The summed E-state index contributed by atoms with van der Waals surface area (Å²) in [5.41, 5.74) is 0.230. The Bertz CT molecular complexity index is 727. The van der Waals surface area contributed by atoms with E-state index in [4.69, 9.17) is 4.42 Å². The Morgan fingerprint density at radius 1 is 1.18 bits per heavy atom. The second kappa shape index (κ2) is 4.10. The zero-order chi connectivity index (χ0) is 15.1. The highest BCUT2D eigenvalue weighted by atomic mass is 127. The average molecular weight is 408 g/mol. The SMILES string of the molecule is O=C1C2C(C(=O)N1/N=C/c1ccc(I)o1)C1C=CC2C12CC2. The Morgan fingerprint density at radius 3 is 2.32 bits per heavy atom. The molecular formula is C16H13IN2O3. The monoisotopic (exact) mass is 408 g/mol. The van der Waals surface area contributed by atoms with E-state index < -0.39 is 0 Å². The summed E-state index contributed by atoms with van der Waals surface area (Å²) in [6, 6.07) is 3.58. The van der Waals surface area contributed by atoms with Gasteiger partial charge in [-0.15, -0.1) is 0 Å². The quantitative estimate of drug-likeness (QED) is 0.327. The smallest absolute Gasteiger partial charge is 0.254 e. The van der Waals surface area contributed by atoms with Crippen LogP contribution in [0.2, 0.25) is 0 Å². The Labute approximate surface area is 140 Å². The van der Waals surface area contributed by atoms with Crippen molar-refractivity contribution in [1.29, 1.82) is 0 Å². The molecule has 1 aliphatic heterocycles. The van der Waals surface area contributed by atoms with Gasteiger partial charge in [0.1, 0.15) is 5.76 Å². The van der Waals surface area contributed by atoms with E-state index in [0.29, 0.717) is 5.76 Å². The Balaban J connectivity index is 1.45. The standard InChI is InChI=1S/C16H13IN2O3/c17-11-4-1-8(22-11)7-18-19-14(20)12-9-2-3-10(13(12)15(19)21)16(9)5-6-16/h1-4,7,9-10,12-13H,5-6H2/b18-7+. The van der Waals surface area contributed by atoms with Crippen LogP contribution in [0.5, 0.6) is 0 Å². The normalized spacial score (nSPS) is 37.0. The third-order valence-electron chi connectivity index (χ3n) is 5.72. The molecule has 22 heavy (non-hydrogen) atoms. The minimum absolute atomic E-state index is 0.143. The van der Waals surface area contributed by atoms with E-state index >= 15 is 0 Å². The second-order valence-corrected chi connectivity index (χ2v) is 7.66. The number of rotatable bonds is 2. The van der Waals surface area contributed by atoms with E-state index in [1.165, 1.54) is 6.21 Å². The molecule has 0 radical (unpaired) electrons. The first-order valence-electron chi connectivity index (χ1n) is 7.47. The number of imide groups is 1. The maximum Gasteiger partial charge on any atom is 0.254 e. The minimum atomic E-state index is -0.195. The molecule has 3 aliphatic carbocycles. The summed E-state index contributed by atoms with van der Waals surface area (Å²) in [5, 5.41) is 5.16. The molecule has 1 aromatic heterocycles. The molecule has 2 heterocycles. The molecule has 6 heteroatoms. The number of amides is 2. The third-order valence-corrected chi connectivity index (χ3v) is 6.30. The number of carbonyl (C=O) groups is 2. The Hall–Kier alpha value is -1.44. The lowest BCUT2D eigenvalue weighted by Gasteiger charge is -2.18. The molecule has 4 unspecified atom stereocenters. The van der Waals surface area contributed by atoms with Crippen LogP contribution in [0.1, 0.15) is 18.6 Å². The van der Waals surface area contributed by atoms with Crippen molar-refractivity contribution < 1.29 is 14.0 Å². The molecule has 2 amide bonds. The minimum Gasteiger partial charge on any atom is -0.449 e. The van der Waals surface area contributed by atoms with Gasteiger partial charge >= 0.3 is 0 Å². The van der Waals surface area contributed by atoms with Gasteiger partial charge in [-0.3, -0.25) is 9.59 Å². The lowest BCUT2D eigenvalue weighted by atomic mass is 9.85. The molecule has 3 fully saturated rings. The number of hydrogen-bond acceptors (Lipinski definition) is 4. The zero-order valence-corrected chi connectivity index (χ0v) is 13.8. The van der Waals surface area contributed by atoms with Gasteiger partial charge in [-0.25, -0.2) is 0 Å². The molecule has 4 atom stereocenters. The number of hydrazone groups is 1. The van der Waals surface area contributed by atoms with Gasteiger partial charge in [-0.1, -0.05) is 12.2 Å². The van der Waals surface area contributed by atoms with E-state index in [1.54, 1.807) is 6.07 Å². The summed E-state index contributed by atoms with van der Waals surface area (Å²) in [6.07, 6.45) is 8.06. The van der Waals surface area contributed by atoms with Gasteiger partial charge in [0.25, 0.3) is 11.8 Å². The summed E-state index contributed by atoms with van der Waals surface area (Å²) in [4.78, 5) is 25.3. The predicted molar refractivity (Wildman–Crippen MR) is 85.6 cm³/mol. The van der Waals surface area contributed by atoms with Crippen molar-refractivity contribution in [3.63, 3.8) is 0 Å². The number of halogens is 1.